The minimum Gasteiger partial charge on any atom is -0.481 e. The van der Waals surface area contributed by atoms with Gasteiger partial charge in [0.05, 0.1) is 17.8 Å². The van der Waals surface area contributed by atoms with Crippen molar-refractivity contribution in [3.05, 3.63) is 30.3 Å². The first-order valence-electron chi connectivity index (χ1n) is 10.9. The van der Waals surface area contributed by atoms with Gasteiger partial charge in [-0.25, -0.2) is 9.88 Å². The van der Waals surface area contributed by atoms with E-state index in [4.69, 9.17) is 9.84 Å². The van der Waals surface area contributed by atoms with E-state index in [1.807, 2.05) is 4.90 Å². The van der Waals surface area contributed by atoms with E-state index in [1.165, 1.54) is 6.20 Å². The van der Waals surface area contributed by atoms with Gasteiger partial charge in [0.25, 0.3) is 0 Å². The summed E-state index contributed by atoms with van der Waals surface area (Å²) in [5.74, 6) is -3.27. The Labute approximate surface area is 188 Å². The number of ether oxygens (including phenoxy) is 1. The van der Waals surface area contributed by atoms with Gasteiger partial charge in [-0.2, -0.15) is 13.2 Å². The van der Waals surface area contributed by atoms with E-state index in [2.05, 4.69) is 15.6 Å². The molecule has 3 aliphatic heterocycles. The quantitative estimate of drug-likeness (QED) is 0.604. The van der Waals surface area contributed by atoms with Crippen LogP contribution in [0.5, 0.6) is 0 Å². The minimum atomic E-state index is -4.67. The number of nitrogens with one attached hydrogen (secondary N) is 2. The predicted molar refractivity (Wildman–Crippen MR) is 112 cm³/mol. The molecular formula is C21H26F3N5O4. The van der Waals surface area contributed by atoms with Crippen LogP contribution < -0.4 is 15.5 Å². The molecule has 3 aliphatic rings. The number of hydrogen-bond acceptors (Lipinski definition) is 7. The van der Waals surface area contributed by atoms with Crippen LogP contribution in [0.1, 0.15) is 32.1 Å². The van der Waals surface area contributed by atoms with Crippen molar-refractivity contribution in [2.24, 2.45) is 5.92 Å². The van der Waals surface area contributed by atoms with Gasteiger partial charge in [-0.05, 0) is 37.8 Å². The molecule has 1 atom stereocenters. The number of likely N-dealkylation sites (tertiary alicyclic amines) is 1. The van der Waals surface area contributed by atoms with Crippen LogP contribution in [0, 0.1) is 5.92 Å². The van der Waals surface area contributed by atoms with Crippen LogP contribution in [0.4, 0.5) is 24.7 Å². The molecule has 2 fully saturated rings. The highest BCUT2D eigenvalue weighted by Gasteiger charge is 2.54. The third kappa shape index (κ3) is 4.85. The molecule has 12 heteroatoms. The number of nitrogens with zero attached hydrogens (tertiary/aromatic N) is 3. The Balaban J connectivity index is 1.44. The maximum Gasteiger partial charge on any atom is 0.434 e. The highest BCUT2D eigenvalue weighted by atomic mass is 19.4. The number of aromatic nitrogens is 1. The van der Waals surface area contributed by atoms with Crippen LogP contribution >= 0.6 is 0 Å². The number of carboxylic acid groups (broad SMARTS) is 1. The first kappa shape index (κ1) is 23.1. The number of alkyl halides is 3. The van der Waals surface area contributed by atoms with Crippen molar-refractivity contribution in [2.45, 2.75) is 44.1 Å². The molecule has 4 heterocycles. The number of carbonyl (C=O) groups excluding carboxylic acids is 1. The van der Waals surface area contributed by atoms with Gasteiger partial charge in [-0.15, -0.1) is 0 Å². The number of carbonyl (C=O) groups is 2. The molecule has 0 spiro atoms. The smallest absolute Gasteiger partial charge is 0.434 e. The zero-order valence-electron chi connectivity index (χ0n) is 17.9. The van der Waals surface area contributed by atoms with Gasteiger partial charge >= 0.3 is 23.9 Å². The number of piperidine rings is 2. The molecular weight excluding hydrogens is 443 g/mol. The second-order valence-corrected chi connectivity index (χ2v) is 8.42. The van der Waals surface area contributed by atoms with E-state index in [0.717, 1.165) is 19.3 Å². The first-order chi connectivity index (χ1) is 15.7. The zero-order valence-corrected chi connectivity index (χ0v) is 17.9. The number of anilines is 2. The van der Waals surface area contributed by atoms with Gasteiger partial charge in [0.2, 0.25) is 0 Å². The minimum absolute atomic E-state index is 0.311. The van der Waals surface area contributed by atoms with E-state index < -0.39 is 29.6 Å². The van der Waals surface area contributed by atoms with E-state index in [9.17, 15) is 22.8 Å². The summed E-state index contributed by atoms with van der Waals surface area (Å²) in [6, 6.07) is 3.30. The van der Waals surface area contributed by atoms with Crippen molar-refractivity contribution in [1.29, 1.82) is 0 Å². The van der Waals surface area contributed by atoms with Gasteiger partial charge in [0.15, 0.2) is 5.70 Å². The van der Waals surface area contributed by atoms with Gasteiger partial charge in [0.1, 0.15) is 12.1 Å². The Bertz CT molecular complexity index is 909. The summed E-state index contributed by atoms with van der Waals surface area (Å²) in [5, 5.41) is 14.0. The average Bonchev–Trinajstić information content (AvgIpc) is 3.28. The van der Waals surface area contributed by atoms with Crippen LogP contribution in [0.3, 0.4) is 0 Å². The summed E-state index contributed by atoms with van der Waals surface area (Å²) >= 11 is 0. The topological polar surface area (TPSA) is 107 Å². The summed E-state index contributed by atoms with van der Waals surface area (Å²) in [6.07, 6.45) is 0.769. The molecule has 9 nitrogen and oxygen atoms in total. The van der Waals surface area contributed by atoms with Crippen molar-refractivity contribution in [2.75, 3.05) is 36.4 Å². The number of pyridine rings is 1. The molecule has 3 N–H and O–H groups in total. The Hall–Kier alpha value is -3.02. The van der Waals surface area contributed by atoms with Crippen molar-refractivity contribution in [3.8, 4) is 0 Å². The molecule has 1 amide bonds. The fourth-order valence-corrected chi connectivity index (χ4v) is 4.36. The maximum absolute atomic E-state index is 13.2. The van der Waals surface area contributed by atoms with Gasteiger partial charge in [0, 0.05) is 26.2 Å². The standard InChI is InChI=1S/C21H26F3N5O4/c22-20(23,24)16-13-33-21(27-16,29-8-2-1-3-9-29)19(32)26-15-4-5-17(25-12-15)28-10-6-14(7-11-28)18(30)31/h4-5,12-14,27H,1-3,6-11H2,(H,26,32)(H,30,31). The number of allylic oxidation sites excluding steroid dienone is 1. The van der Waals surface area contributed by atoms with Crippen molar-refractivity contribution in [3.63, 3.8) is 0 Å². The van der Waals surface area contributed by atoms with Gasteiger partial charge in [-0.1, -0.05) is 6.42 Å². The number of amides is 1. The largest absolute Gasteiger partial charge is 0.481 e. The molecule has 0 aliphatic carbocycles. The van der Waals surface area contributed by atoms with Crippen LogP contribution in [-0.4, -0.2) is 65.1 Å². The molecule has 180 valence electrons. The van der Waals surface area contributed by atoms with E-state index in [-0.39, 0.29) is 5.92 Å². The molecule has 4 rings (SSSR count). The van der Waals surface area contributed by atoms with E-state index in [1.54, 1.807) is 17.0 Å². The number of carboxylic acids is 1. The number of rotatable bonds is 5. The lowest BCUT2D eigenvalue weighted by atomic mass is 9.97. The Morgan fingerprint density at radius 1 is 1.15 bits per heavy atom. The van der Waals surface area contributed by atoms with Gasteiger partial charge < -0.3 is 25.4 Å². The molecule has 1 aromatic heterocycles. The van der Waals surface area contributed by atoms with Crippen LogP contribution in [-0.2, 0) is 14.3 Å². The fraction of sp³-hybridized carbons (Fsp3) is 0.571. The molecule has 1 unspecified atom stereocenters. The summed E-state index contributed by atoms with van der Waals surface area (Å²) in [5.41, 5.74) is -0.798. The van der Waals surface area contributed by atoms with Crippen molar-refractivity contribution in [1.82, 2.24) is 15.2 Å². The van der Waals surface area contributed by atoms with Crippen LogP contribution in [0.25, 0.3) is 0 Å². The average molecular weight is 469 g/mol. The maximum atomic E-state index is 13.2. The zero-order chi connectivity index (χ0) is 23.6. The second-order valence-electron chi connectivity index (χ2n) is 8.42. The second kappa shape index (κ2) is 9.08. The summed E-state index contributed by atoms with van der Waals surface area (Å²) in [7, 11) is 0. The molecule has 1 aromatic rings. The third-order valence-electron chi connectivity index (χ3n) is 6.24. The van der Waals surface area contributed by atoms with Crippen molar-refractivity contribution >= 4 is 23.4 Å². The summed E-state index contributed by atoms with van der Waals surface area (Å²) < 4.78 is 45.1. The molecule has 0 radical (unpaired) electrons. The molecule has 0 bridgehead atoms. The summed E-state index contributed by atoms with van der Waals surface area (Å²) in [4.78, 5) is 32.1. The SMILES string of the molecule is O=C(O)C1CCN(c2ccc(NC(=O)C3(N4CCCCC4)NC(C(F)(F)F)=CO3)cn2)CC1. The normalized spacial score (nSPS) is 24.6. The predicted octanol–water partition coefficient (Wildman–Crippen LogP) is 2.48. The number of aliphatic carboxylic acids is 1. The fourth-order valence-electron chi connectivity index (χ4n) is 4.36. The lowest BCUT2D eigenvalue weighted by molar-refractivity contribution is -0.165. The lowest BCUT2D eigenvalue weighted by Gasteiger charge is -2.40. The van der Waals surface area contributed by atoms with Crippen LogP contribution in [0.2, 0.25) is 0 Å². The monoisotopic (exact) mass is 469 g/mol. The highest BCUT2D eigenvalue weighted by Crippen LogP contribution is 2.34. The van der Waals surface area contributed by atoms with Gasteiger partial charge in [-0.3, -0.25) is 9.59 Å². The Kier molecular flexibility index (Phi) is 6.37. The molecule has 0 aromatic carbocycles. The Morgan fingerprint density at radius 2 is 1.85 bits per heavy atom. The number of halogens is 3. The van der Waals surface area contributed by atoms with E-state index in [0.29, 0.717) is 56.8 Å². The van der Waals surface area contributed by atoms with Crippen LogP contribution in [0.15, 0.2) is 30.3 Å². The number of hydrogen-bond donors (Lipinski definition) is 3. The van der Waals surface area contributed by atoms with Crippen molar-refractivity contribution < 1.29 is 32.6 Å². The Morgan fingerprint density at radius 3 is 2.39 bits per heavy atom. The summed E-state index contributed by atoms with van der Waals surface area (Å²) in [6.45, 7) is 1.94. The third-order valence-corrected chi connectivity index (χ3v) is 6.24. The lowest BCUT2D eigenvalue weighted by Crippen LogP contribution is -2.66. The molecule has 2 saturated heterocycles. The van der Waals surface area contributed by atoms with E-state index >= 15 is 0 Å². The highest BCUT2D eigenvalue weighted by molar-refractivity contribution is 5.97. The molecule has 0 saturated carbocycles. The molecule has 33 heavy (non-hydrogen) atoms. The first-order valence-corrected chi connectivity index (χ1v) is 10.9.